The third-order valence-electron chi connectivity index (χ3n) is 2.72. The number of nitrogens with one attached hydrogen (secondary N) is 1. The maximum Gasteiger partial charge on any atom is 0.341 e. The number of carboxylic acid groups (broad SMARTS) is 1. The van der Waals surface area contributed by atoms with Crippen LogP contribution in [0.15, 0.2) is 40.9 Å². The highest BCUT2D eigenvalue weighted by Crippen LogP contribution is 2.29. The molecule has 0 heterocycles. The van der Waals surface area contributed by atoms with E-state index in [1.54, 1.807) is 18.2 Å². The molecule has 8 heteroatoms. The number of halogens is 3. The summed E-state index contributed by atoms with van der Waals surface area (Å²) in [6.45, 7) is -0.517. The fraction of sp³-hybridized carbons (Fsp3) is 0.0667. The van der Waals surface area contributed by atoms with Crippen LogP contribution in [0, 0.1) is 0 Å². The second-order valence-corrected chi connectivity index (χ2v) is 6.14. The fourth-order valence-electron chi connectivity index (χ4n) is 1.70. The number of carboxylic acids is 1. The van der Waals surface area contributed by atoms with E-state index < -0.39 is 18.5 Å². The van der Waals surface area contributed by atoms with Crippen molar-refractivity contribution in [3.63, 3.8) is 0 Å². The maximum absolute atomic E-state index is 12.3. The molecule has 0 saturated heterocycles. The quantitative estimate of drug-likeness (QED) is 0.750. The van der Waals surface area contributed by atoms with E-state index in [0.717, 1.165) is 0 Å². The van der Waals surface area contributed by atoms with Gasteiger partial charge in [0.05, 0.1) is 15.7 Å². The van der Waals surface area contributed by atoms with Gasteiger partial charge in [0, 0.05) is 10.0 Å². The van der Waals surface area contributed by atoms with Gasteiger partial charge in [0.25, 0.3) is 5.91 Å². The zero-order valence-corrected chi connectivity index (χ0v) is 14.6. The second kappa shape index (κ2) is 7.68. The highest BCUT2D eigenvalue weighted by atomic mass is 79.9. The Balaban J connectivity index is 2.23. The summed E-state index contributed by atoms with van der Waals surface area (Å²) in [6, 6.07) is 9.31. The number of anilines is 1. The summed E-state index contributed by atoms with van der Waals surface area (Å²) < 4.78 is 5.85. The van der Waals surface area contributed by atoms with Crippen LogP contribution >= 0.6 is 39.1 Å². The van der Waals surface area contributed by atoms with E-state index in [4.69, 9.17) is 33.0 Å². The van der Waals surface area contributed by atoms with Crippen LogP contribution in [-0.4, -0.2) is 23.6 Å². The molecule has 2 rings (SSSR count). The van der Waals surface area contributed by atoms with Gasteiger partial charge in [0.15, 0.2) is 6.61 Å². The van der Waals surface area contributed by atoms with E-state index in [2.05, 4.69) is 21.2 Å². The Morgan fingerprint density at radius 3 is 2.52 bits per heavy atom. The first kappa shape index (κ1) is 17.6. The number of carbonyl (C=O) groups excluding carboxylic acids is 1. The molecule has 5 nitrogen and oxygen atoms in total. The number of benzene rings is 2. The van der Waals surface area contributed by atoms with Crippen molar-refractivity contribution in [1.82, 2.24) is 0 Å². The van der Waals surface area contributed by atoms with E-state index in [1.807, 2.05) is 0 Å². The molecule has 1 amide bonds. The lowest BCUT2D eigenvalue weighted by Gasteiger charge is -2.12. The van der Waals surface area contributed by atoms with Crippen molar-refractivity contribution in [2.24, 2.45) is 0 Å². The molecule has 0 atom stereocenters. The van der Waals surface area contributed by atoms with E-state index >= 15 is 0 Å². The van der Waals surface area contributed by atoms with Crippen LogP contribution in [0.25, 0.3) is 0 Å². The van der Waals surface area contributed by atoms with Crippen molar-refractivity contribution in [2.75, 3.05) is 11.9 Å². The van der Waals surface area contributed by atoms with Crippen molar-refractivity contribution in [3.05, 3.63) is 56.5 Å². The zero-order chi connectivity index (χ0) is 17.0. The fourth-order valence-corrected chi connectivity index (χ4v) is 2.36. The number of amides is 1. The Kier molecular flexibility index (Phi) is 5.87. The molecule has 2 N–H and O–H groups in total. The molecule has 0 spiro atoms. The summed E-state index contributed by atoms with van der Waals surface area (Å²) in [7, 11) is 0. The van der Waals surface area contributed by atoms with Gasteiger partial charge in [-0.15, -0.1) is 0 Å². The van der Waals surface area contributed by atoms with E-state index in [9.17, 15) is 9.59 Å². The first-order chi connectivity index (χ1) is 10.9. The highest BCUT2D eigenvalue weighted by molar-refractivity contribution is 9.10. The van der Waals surface area contributed by atoms with Gasteiger partial charge in [-0.3, -0.25) is 4.79 Å². The largest absolute Gasteiger partial charge is 0.480 e. The molecule has 0 bridgehead atoms. The van der Waals surface area contributed by atoms with Crippen LogP contribution in [0.2, 0.25) is 10.0 Å². The molecule has 0 fully saturated rings. The molecule has 0 aliphatic heterocycles. The SMILES string of the molecule is O=C(O)COc1ccc(Br)cc1NC(=O)c1ccc(Cl)c(Cl)c1. The van der Waals surface area contributed by atoms with Crippen molar-refractivity contribution in [2.45, 2.75) is 0 Å². The summed E-state index contributed by atoms with van der Waals surface area (Å²) in [6.07, 6.45) is 0. The van der Waals surface area contributed by atoms with Crippen LogP contribution in [0.1, 0.15) is 10.4 Å². The minimum absolute atomic E-state index is 0.240. The number of ether oxygens (including phenoxy) is 1. The van der Waals surface area contributed by atoms with Gasteiger partial charge < -0.3 is 15.2 Å². The molecule has 0 aromatic heterocycles. The Bertz CT molecular complexity index is 767. The first-order valence-corrected chi connectivity index (χ1v) is 7.82. The zero-order valence-electron chi connectivity index (χ0n) is 11.5. The lowest BCUT2D eigenvalue weighted by atomic mass is 10.2. The van der Waals surface area contributed by atoms with Crippen molar-refractivity contribution >= 4 is 56.7 Å². The van der Waals surface area contributed by atoms with Gasteiger partial charge >= 0.3 is 5.97 Å². The molecule has 2 aromatic rings. The normalized spacial score (nSPS) is 10.2. The monoisotopic (exact) mass is 417 g/mol. The lowest BCUT2D eigenvalue weighted by Crippen LogP contribution is -2.15. The molecular weight excluding hydrogens is 409 g/mol. The minimum Gasteiger partial charge on any atom is -0.480 e. The summed E-state index contributed by atoms with van der Waals surface area (Å²) in [5.41, 5.74) is 0.639. The van der Waals surface area contributed by atoms with Gasteiger partial charge in [0.1, 0.15) is 5.75 Å². The Labute approximate surface area is 150 Å². The van der Waals surface area contributed by atoms with Crippen LogP contribution in [-0.2, 0) is 4.79 Å². The molecule has 0 saturated carbocycles. The van der Waals surface area contributed by atoms with Gasteiger partial charge in [-0.05, 0) is 36.4 Å². The number of hydrogen-bond donors (Lipinski definition) is 2. The lowest BCUT2D eigenvalue weighted by molar-refractivity contribution is -0.139. The molecule has 23 heavy (non-hydrogen) atoms. The van der Waals surface area contributed by atoms with Crippen LogP contribution in [0.5, 0.6) is 5.75 Å². The molecule has 0 radical (unpaired) electrons. The van der Waals surface area contributed by atoms with E-state index in [0.29, 0.717) is 20.7 Å². The molecule has 0 aliphatic carbocycles. The summed E-state index contributed by atoms with van der Waals surface area (Å²) in [5.74, 6) is -1.31. The van der Waals surface area contributed by atoms with Crippen molar-refractivity contribution < 1.29 is 19.4 Å². The van der Waals surface area contributed by atoms with Crippen LogP contribution < -0.4 is 10.1 Å². The predicted molar refractivity (Wildman–Crippen MR) is 91.7 cm³/mol. The first-order valence-electron chi connectivity index (χ1n) is 6.27. The molecule has 0 aliphatic rings. The van der Waals surface area contributed by atoms with Crippen molar-refractivity contribution in [1.29, 1.82) is 0 Å². The second-order valence-electron chi connectivity index (χ2n) is 4.41. The molecule has 0 unspecified atom stereocenters. The maximum atomic E-state index is 12.3. The summed E-state index contributed by atoms with van der Waals surface area (Å²) in [5, 5.41) is 11.9. The predicted octanol–water partition coefficient (Wildman–Crippen LogP) is 4.47. The highest BCUT2D eigenvalue weighted by Gasteiger charge is 2.13. The Morgan fingerprint density at radius 1 is 1.13 bits per heavy atom. The molecule has 2 aromatic carbocycles. The smallest absolute Gasteiger partial charge is 0.341 e. The average molecular weight is 419 g/mol. The van der Waals surface area contributed by atoms with E-state index in [-0.39, 0.29) is 10.8 Å². The standard InChI is InChI=1S/C15H10BrCl2NO4/c16-9-2-4-13(23-7-14(20)21)12(6-9)19-15(22)8-1-3-10(17)11(18)5-8/h1-6H,7H2,(H,19,22)(H,20,21). The third kappa shape index (κ3) is 4.86. The summed E-state index contributed by atoms with van der Waals surface area (Å²) >= 11 is 15.0. The average Bonchev–Trinajstić information content (AvgIpc) is 2.49. The summed E-state index contributed by atoms with van der Waals surface area (Å²) in [4.78, 5) is 22.9. The van der Waals surface area contributed by atoms with Crippen molar-refractivity contribution in [3.8, 4) is 5.75 Å². The number of carbonyl (C=O) groups is 2. The number of rotatable bonds is 5. The van der Waals surface area contributed by atoms with Crippen LogP contribution in [0.4, 0.5) is 5.69 Å². The van der Waals surface area contributed by atoms with Gasteiger partial charge in [-0.25, -0.2) is 4.79 Å². The van der Waals surface area contributed by atoms with Gasteiger partial charge in [-0.2, -0.15) is 0 Å². The number of aliphatic carboxylic acids is 1. The Hall–Kier alpha value is -1.76. The topological polar surface area (TPSA) is 75.6 Å². The molecule has 120 valence electrons. The minimum atomic E-state index is -1.12. The van der Waals surface area contributed by atoms with Crippen LogP contribution in [0.3, 0.4) is 0 Å². The number of hydrogen-bond acceptors (Lipinski definition) is 3. The van der Waals surface area contributed by atoms with Gasteiger partial charge in [-0.1, -0.05) is 39.1 Å². The third-order valence-corrected chi connectivity index (χ3v) is 3.96. The molecular formula is C15H10BrCl2NO4. The van der Waals surface area contributed by atoms with Gasteiger partial charge in [0.2, 0.25) is 0 Å². The van der Waals surface area contributed by atoms with E-state index in [1.165, 1.54) is 18.2 Å². The Morgan fingerprint density at radius 2 is 1.87 bits per heavy atom.